The molecule has 1 atom stereocenters. The molecular formula is C10H18O4. The second-order valence-electron chi connectivity index (χ2n) is 3.66. The van der Waals surface area contributed by atoms with Crippen LogP contribution in [0.1, 0.15) is 32.6 Å². The normalized spacial score (nSPS) is 26.6. The van der Waals surface area contributed by atoms with Crippen LogP contribution in [0.4, 0.5) is 0 Å². The number of carboxylic acids is 1. The molecule has 0 aromatic carbocycles. The highest BCUT2D eigenvalue weighted by Gasteiger charge is 2.43. The standard InChI is InChI=1S/C10H18O4/c1-2-3-6-13-8-10(9(11)12)5-4-7-14-10/h2-8H2,1H3,(H,11,12). The van der Waals surface area contributed by atoms with Gasteiger partial charge in [0.1, 0.15) is 0 Å². The van der Waals surface area contributed by atoms with Gasteiger partial charge in [0.15, 0.2) is 5.60 Å². The van der Waals surface area contributed by atoms with Gasteiger partial charge in [-0.3, -0.25) is 0 Å². The maximum atomic E-state index is 11.0. The molecule has 1 saturated heterocycles. The lowest BCUT2D eigenvalue weighted by Crippen LogP contribution is -2.42. The first-order valence-corrected chi connectivity index (χ1v) is 5.16. The summed E-state index contributed by atoms with van der Waals surface area (Å²) in [4.78, 5) is 11.0. The van der Waals surface area contributed by atoms with E-state index >= 15 is 0 Å². The number of hydrogen-bond donors (Lipinski definition) is 1. The van der Waals surface area contributed by atoms with Crippen LogP contribution in [-0.2, 0) is 14.3 Å². The van der Waals surface area contributed by atoms with Gasteiger partial charge in [0, 0.05) is 13.2 Å². The van der Waals surface area contributed by atoms with E-state index in [1.807, 2.05) is 0 Å². The van der Waals surface area contributed by atoms with Crippen LogP contribution < -0.4 is 0 Å². The summed E-state index contributed by atoms with van der Waals surface area (Å²) in [6.07, 6.45) is 3.40. The summed E-state index contributed by atoms with van der Waals surface area (Å²) in [5.74, 6) is -0.897. The highest BCUT2D eigenvalue weighted by atomic mass is 16.6. The van der Waals surface area contributed by atoms with Gasteiger partial charge >= 0.3 is 5.97 Å². The van der Waals surface area contributed by atoms with Gasteiger partial charge in [-0.05, 0) is 19.3 Å². The molecule has 4 heteroatoms. The third-order valence-corrected chi connectivity index (χ3v) is 2.47. The van der Waals surface area contributed by atoms with Crippen molar-refractivity contribution in [3.05, 3.63) is 0 Å². The smallest absolute Gasteiger partial charge is 0.338 e. The minimum Gasteiger partial charge on any atom is -0.479 e. The van der Waals surface area contributed by atoms with Gasteiger partial charge in [-0.25, -0.2) is 4.79 Å². The number of hydrogen-bond acceptors (Lipinski definition) is 3. The van der Waals surface area contributed by atoms with Crippen molar-refractivity contribution in [1.82, 2.24) is 0 Å². The first kappa shape index (κ1) is 11.5. The fourth-order valence-corrected chi connectivity index (χ4v) is 1.53. The van der Waals surface area contributed by atoms with Gasteiger partial charge in [-0.15, -0.1) is 0 Å². The zero-order valence-electron chi connectivity index (χ0n) is 8.62. The van der Waals surface area contributed by atoms with Crippen molar-refractivity contribution in [3.63, 3.8) is 0 Å². The van der Waals surface area contributed by atoms with E-state index in [0.29, 0.717) is 19.6 Å². The summed E-state index contributed by atoms with van der Waals surface area (Å²) in [6.45, 7) is 3.41. The fourth-order valence-electron chi connectivity index (χ4n) is 1.53. The molecule has 4 nitrogen and oxygen atoms in total. The van der Waals surface area contributed by atoms with E-state index in [4.69, 9.17) is 14.6 Å². The van der Waals surface area contributed by atoms with Crippen LogP contribution in [0.25, 0.3) is 0 Å². The molecule has 82 valence electrons. The average Bonchev–Trinajstić information content (AvgIpc) is 2.62. The second kappa shape index (κ2) is 5.32. The molecule has 1 aliphatic rings. The molecule has 1 rings (SSSR count). The summed E-state index contributed by atoms with van der Waals surface area (Å²) < 4.78 is 10.6. The van der Waals surface area contributed by atoms with Crippen molar-refractivity contribution in [2.24, 2.45) is 0 Å². The summed E-state index contributed by atoms with van der Waals surface area (Å²) in [5.41, 5.74) is -1.06. The molecule has 1 heterocycles. The van der Waals surface area contributed by atoms with Crippen LogP contribution in [0.15, 0.2) is 0 Å². The van der Waals surface area contributed by atoms with E-state index < -0.39 is 11.6 Å². The van der Waals surface area contributed by atoms with E-state index in [-0.39, 0.29) is 6.61 Å². The summed E-state index contributed by atoms with van der Waals surface area (Å²) in [5, 5.41) is 9.02. The lowest BCUT2D eigenvalue weighted by atomic mass is 10.0. The molecule has 1 N–H and O–H groups in total. The number of aliphatic carboxylic acids is 1. The Morgan fingerprint density at radius 2 is 2.43 bits per heavy atom. The van der Waals surface area contributed by atoms with Gasteiger partial charge in [0.05, 0.1) is 6.61 Å². The summed E-state index contributed by atoms with van der Waals surface area (Å²) >= 11 is 0. The number of ether oxygens (including phenoxy) is 2. The minimum absolute atomic E-state index is 0.183. The third kappa shape index (κ3) is 2.69. The lowest BCUT2D eigenvalue weighted by molar-refractivity contribution is -0.167. The van der Waals surface area contributed by atoms with Crippen molar-refractivity contribution in [2.45, 2.75) is 38.2 Å². The minimum atomic E-state index is -1.06. The predicted octanol–water partition coefficient (Wildman–Crippen LogP) is 1.44. The molecule has 0 aliphatic carbocycles. The molecule has 0 aromatic rings. The molecule has 0 aromatic heterocycles. The summed E-state index contributed by atoms with van der Waals surface area (Å²) in [7, 11) is 0. The predicted molar refractivity (Wildman–Crippen MR) is 51.3 cm³/mol. The Kier molecular flexibility index (Phi) is 4.35. The van der Waals surface area contributed by atoms with Crippen molar-refractivity contribution in [3.8, 4) is 0 Å². The van der Waals surface area contributed by atoms with Crippen LogP contribution >= 0.6 is 0 Å². The zero-order valence-corrected chi connectivity index (χ0v) is 8.62. The monoisotopic (exact) mass is 202 g/mol. The van der Waals surface area contributed by atoms with Crippen LogP contribution in [0.5, 0.6) is 0 Å². The van der Waals surface area contributed by atoms with Gasteiger partial charge in [0.25, 0.3) is 0 Å². The Balaban J connectivity index is 2.33. The molecule has 14 heavy (non-hydrogen) atoms. The van der Waals surface area contributed by atoms with Crippen molar-refractivity contribution >= 4 is 5.97 Å². The van der Waals surface area contributed by atoms with E-state index in [1.165, 1.54) is 0 Å². The Morgan fingerprint density at radius 1 is 1.64 bits per heavy atom. The molecule has 1 aliphatic heterocycles. The third-order valence-electron chi connectivity index (χ3n) is 2.47. The van der Waals surface area contributed by atoms with Gasteiger partial charge in [0.2, 0.25) is 0 Å². The Morgan fingerprint density at radius 3 is 2.93 bits per heavy atom. The molecule has 0 spiro atoms. The highest BCUT2D eigenvalue weighted by Crippen LogP contribution is 2.26. The van der Waals surface area contributed by atoms with Gasteiger partial charge in [-0.2, -0.15) is 0 Å². The molecule has 0 saturated carbocycles. The first-order chi connectivity index (χ1) is 6.71. The molecular weight excluding hydrogens is 184 g/mol. The van der Waals surface area contributed by atoms with E-state index in [9.17, 15) is 4.79 Å². The Hall–Kier alpha value is -0.610. The molecule has 0 amide bonds. The van der Waals surface area contributed by atoms with Crippen LogP contribution in [0.2, 0.25) is 0 Å². The SMILES string of the molecule is CCCCOCC1(C(=O)O)CCCO1. The van der Waals surface area contributed by atoms with Crippen LogP contribution in [-0.4, -0.2) is 36.5 Å². The largest absolute Gasteiger partial charge is 0.479 e. The molecule has 1 unspecified atom stereocenters. The van der Waals surface area contributed by atoms with E-state index in [2.05, 4.69) is 6.92 Å². The first-order valence-electron chi connectivity index (χ1n) is 5.16. The molecule has 0 radical (unpaired) electrons. The number of rotatable bonds is 6. The molecule has 1 fully saturated rings. The lowest BCUT2D eigenvalue weighted by Gasteiger charge is -2.22. The van der Waals surface area contributed by atoms with Crippen LogP contribution in [0.3, 0.4) is 0 Å². The number of unbranched alkanes of at least 4 members (excludes halogenated alkanes) is 1. The Labute approximate surface area is 84.2 Å². The summed E-state index contributed by atoms with van der Waals surface area (Å²) in [6, 6.07) is 0. The topological polar surface area (TPSA) is 55.8 Å². The van der Waals surface area contributed by atoms with Crippen molar-refractivity contribution in [2.75, 3.05) is 19.8 Å². The molecule has 0 bridgehead atoms. The Bertz CT molecular complexity index is 185. The average molecular weight is 202 g/mol. The van der Waals surface area contributed by atoms with Crippen molar-refractivity contribution < 1.29 is 19.4 Å². The fraction of sp³-hybridized carbons (Fsp3) is 0.900. The quantitative estimate of drug-likeness (QED) is 0.662. The van der Waals surface area contributed by atoms with Gasteiger partial charge < -0.3 is 14.6 Å². The van der Waals surface area contributed by atoms with Crippen molar-refractivity contribution in [1.29, 1.82) is 0 Å². The number of carboxylic acid groups (broad SMARTS) is 1. The zero-order chi connectivity index (χ0) is 10.4. The van der Waals surface area contributed by atoms with Crippen LogP contribution in [0, 0.1) is 0 Å². The van der Waals surface area contributed by atoms with E-state index in [1.54, 1.807) is 0 Å². The number of carbonyl (C=O) groups is 1. The maximum Gasteiger partial charge on any atom is 0.338 e. The maximum absolute atomic E-state index is 11.0. The van der Waals surface area contributed by atoms with E-state index in [0.717, 1.165) is 19.3 Å². The van der Waals surface area contributed by atoms with Gasteiger partial charge in [-0.1, -0.05) is 13.3 Å². The second-order valence-corrected chi connectivity index (χ2v) is 3.66. The highest BCUT2D eigenvalue weighted by molar-refractivity contribution is 5.78.